The molecule has 288 valence electrons. The molecule has 3 atom stereocenters. The van der Waals surface area contributed by atoms with E-state index in [1.807, 2.05) is 65.0 Å². The molecular formula is C37H56N6O8S. The maximum Gasteiger partial charge on any atom is 0.304 e. The Bertz CT molecular complexity index is 1480. The SMILES string of the molecule is CNC(C(=O)NC(C(=O)N(C)C/C=C(\C)C(=O)NCCCC(=O)NCCN1C(=O)CC(SCCC(=O)O)C1=O)C(C)(C)C)C(C)(C)c1ccccc1. The first-order chi connectivity index (χ1) is 24.3. The second kappa shape index (κ2) is 20.1. The average Bonchev–Trinajstić information content (AvgIpc) is 3.34. The first kappa shape index (κ1) is 43.9. The van der Waals surface area contributed by atoms with Gasteiger partial charge in [0.2, 0.25) is 35.4 Å². The van der Waals surface area contributed by atoms with Gasteiger partial charge < -0.3 is 31.3 Å². The highest BCUT2D eigenvalue weighted by Gasteiger charge is 2.41. The van der Waals surface area contributed by atoms with Crippen molar-refractivity contribution >= 4 is 53.2 Å². The number of likely N-dealkylation sites (N-methyl/N-ethyl adjacent to an activating group) is 2. The molecule has 0 aliphatic carbocycles. The number of carboxylic acid groups (broad SMARTS) is 1. The minimum absolute atomic E-state index is 0.0123. The van der Waals surface area contributed by atoms with E-state index in [1.54, 1.807) is 27.1 Å². The maximum atomic E-state index is 13.6. The minimum Gasteiger partial charge on any atom is -0.481 e. The number of hydrogen-bond donors (Lipinski definition) is 5. The van der Waals surface area contributed by atoms with Crippen molar-refractivity contribution in [2.75, 3.05) is 46.0 Å². The number of carbonyl (C=O) groups is 7. The number of amides is 6. The van der Waals surface area contributed by atoms with Crippen molar-refractivity contribution in [2.45, 2.75) is 90.0 Å². The predicted molar refractivity (Wildman–Crippen MR) is 200 cm³/mol. The fourth-order valence-corrected chi connectivity index (χ4v) is 6.80. The molecule has 1 aliphatic rings. The first-order valence-electron chi connectivity index (χ1n) is 17.5. The summed E-state index contributed by atoms with van der Waals surface area (Å²) in [6.07, 6.45) is 2.02. The number of carbonyl (C=O) groups excluding carboxylic acids is 6. The van der Waals surface area contributed by atoms with Crippen molar-refractivity contribution in [1.82, 2.24) is 31.1 Å². The van der Waals surface area contributed by atoms with Gasteiger partial charge in [-0.25, -0.2) is 0 Å². The number of nitrogens with one attached hydrogen (secondary N) is 4. The van der Waals surface area contributed by atoms with Crippen molar-refractivity contribution in [3.63, 3.8) is 0 Å². The Hall–Kier alpha value is -4.24. The summed E-state index contributed by atoms with van der Waals surface area (Å²) in [7, 11) is 3.34. The summed E-state index contributed by atoms with van der Waals surface area (Å²) in [6, 6.07) is 8.26. The number of likely N-dealkylation sites (tertiary alicyclic amines) is 1. The quantitative estimate of drug-likeness (QED) is 0.0748. The lowest BCUT2D eigenvalue weighted by molar-refractivity contribution is -0.139. The van der Waals surface area contributed by atoms with Crippen LogP contribution < -0.4 is 21.3 Å². The smallest absolute Gasteiger partial charge is 0.304 e. The monoisotopic (exact) mass is 744 g/mol. The number of rotatable bonds is 20. The van der Waals surface area contributed by atoms with Gasteiger partial charge in [0.05, 0.1) is 17.7 Å². The van der Waals surface area contributed by atoms with Crippen LogP contribution in [0.5, 0.6) is 0 Å². The highest BCUT2D eigenvalue weighted by atomic mass is 32.2. The van der Waals surface area contributed by atoms with Crippen LogP contribution in [0.25, 0.3) is 0 Å². The van der Waals surface area contributed by atoms with Crippen molar-refractivity contribution in [3.8, 4) is 0 Å². The molecular weight excluding hydrogens is 689 g/mol. The number of carboxylic acids is 1. The lowest BCUT2D eigenvalue weighted by Gasteiger charge is -2.38. The van der Waals surface area contributed by atoms with E-state index in [1.165, 1.54) is 4.90 Å². The van der Waals surface area contributed by atoms with Crippen LogP contribution in [0.2, 0.25) is 0 Å². The van der Waals surface area contributed by atoms with E-state index in [4.69, 9.17) is 5.11 Å². The van der Waals surface area contributed by atoms with E-state index in [9.17, 15) is 33.6 Å². The van der Waals surface area contributed by atoms with E-state index >= 15 is 0 Å². The zero-order valence-electron chi connectivity index (χ0n) is 31.7. The van der Waals surface area contributed by atoms with Crippen LogP contribution in [0.15, 0.2) is 42.0 Å². The topological polar surface area (TPSA) is 194 Å². The summed E-state index contributed by atoms with van der Waals surface area (Å²) < 4.78 is 0. The van der Waals surface area contributed by atoms with Gasteiger partial charge in [-0.05, 0) is 31.4 Å². The molecule has 3 unspecified atom stereocenters. The number of nitrogens with zero attached hydrogens (tertiary/aromatic N) is 2. The van der Waals surface area contributed by atoms with Crippen LogP contribution >= 0.6 is 11.8 Å². The molecule has 1 aliphatic heterocycles. The van der Waals surface area contributed by atoms with Gasteiger partial charge >= 0.3 is 5.97 Å². The normalized spacial score (nSPS) is 16.3. The second-order valence-electron chi connectivity index (χ2n) is 14.5. The summed E-state index contributed by atoms with van der Waals surface area (Å²) in [4.78, 5) is 90.1. The standard InChI is InChI=1S/C37H56N6O8S/c1-24(32(48)40-18-12-15-27(44)39-19-21-43-28(45)23-26(34(43)50)52-22-17-29(46)47)16-20-42(8)35(51)31(36(2,3)4)41-33(49)30(38-7)37(5,6)25-13-10-9-11-14-25/h9-11,13-14,16,26,30-31,38H,12,15,17-23H2,1-8H3,(H,39,44)(H,40,48)(H,41,49)(H,46,47)/b24-16+. The third-order valence-corrected chi connectivity index (χ3v) is 10.2. The van der Waals surface area contributed by atoms with Crippen LogP contribution in [0, 0.1) is 5.41 Å². The van der Waals surface area contributed by atoms with Gasteiger partial charge in [0.1, 0.15) is 6.04 Å². The van der Waals surface area contributed by atoms with Gasteiger partial charge in [-0.3, -0.25) is 38.5 Å². The Morgan fingerprint density at radius 1 is 1.00 bits per heavy atom. The van der Waals surface area contributed by atoms with Gasteiger partial charge in [-0.2, -0.15) is 0 Å². The summed E-state index contributed by atoms with van der Waals surface area (Å²) >= 11 is 1.14. The summed E-state index contributed by atoms with van der Waals surface area (Å²) in [6.45, 7) is 11.7. The van der Waals surface area contributed by atoms with Crippen molar-refractivity contribution in [3.05, 3.63) is 47.5 Å². The van der Waals surface area contributed by atoms with E-state index in [0.29, 0.717) is 12.0 Å². The van der Waals surface area contributed by atoms with Gasteiger partial charge in [-0.1, -0.05) is 71.0 Å². The summed E-state index contributed by atoms with van der Waals surface area (Å²) in [5.41, 5.74) is 0.200. The molecule has 0 spiro atoms. The highest BCUT2D eigenvalue weighted by Crippen LogP contribution is 2.29. The summed E-state index contributed by atoms with van der Waals surface area (Å²) in [5.74, 6) is -2.69. The van der Waals surface area contributed by atoms with Crippen LogP contribution in [0.1, 0.15) is 72.8 Å². The summed E-state index contributed by atoms with van der Waals surface area (Å²) in [5, 5.41) is 19.7. The Labute approximate surface area is 311 Å². The maximum absolute atomic E-state index is 13.6. The number of hydrogen-bond acceptors (Lipinski definition) is 9. The number of imide groups is 1. The Balaban J connectivity index is 1.81. The largest absolute Gasteiger partial charge is 0.481 e. The molecule has 15 heteroatoms. The van der Waals surface area contributed by atoms with Gasteiger partial charge in [0.25, 0.3) is 0 Å². The molecule has 1 fully saturated rings. The Morgan fingerprint density at radius 3 is 2.25 bits per heavy atom. The molecule has 5 N–H and O–H groups in total. The zero-order valence-corrected chi connectivity index (χ0v) is 32.5. The average molecular weight is 745 g/mol. The van der Waals surface area contributed by atoms with E-state index in [-0.39, 0.29) is 86.6 Å². The van der Waals surface area contributed by atoms with Gasteiger partial charge in [0.15, 0.2) is 0 Å². The molecule has 0 bridgehead atoms. The fourth-order valence-electron chi connectivity index (χ4n) is 5.70. The molecule has 1 aromatic rings. The molecule has 6 amide bonds. The van der Waals surface area contributed by atoms with Gasteiger partial charge in [0, 0.05) is 62.8 Å². The zero-order chi connectivity index (χ0) is 39.2. The molecule has 0 aromatic heterocycles. The van der Waals surface area contributed by atoms with E-state index < -0.39 is 34.1 Å². The predicted octanol–water partition coefficient (Wildman–Crippen LogP) is 1.84. The van der Waals surface area contributed by atoms with Crippen LogP contribution in [0.4, 0.5) is 0 Å². The lowest BCUT2D eigenvalue weighted by atomic mass is 9.76. The molecule has 2 rings (SSSR count). The third-order valence-electron chi connectivity index (χ3n) is 8.96. The van der Waals surface area contributed by atoms with Crippen molar-refractivity contribution < 1.29 is 38.7 Å². The van der Waals surface area contributed by atoms with Crippen LogP contribution in [-0.4, -0.2) is 120 Å². The number of aliphatic carboxylic acids is 1. The van der Waals surface area contributed by atoms with E-state index in [0.717, 1.165) is 22.2 Å². The Morgan fingerprint density at radius 2 is 1.65 bits per heavy atom. The third kappa shape index (κ3) is 13.1. The first-order valence-corrected chi connectivity index (χ1v) is 18.5. The molecule has 0 radical (unpaired) electrons. The van der Waals surface area contributed by atoms with E-state index in [2.05, 4.69) is 21.3 Å². The number of benzene rings is 1. The number of thioether (sulfide) groups is 1. The highest BCUT2D eigenvalue weighted by molar-refractivity contribution is 8.00. The van der Waals surface area contributed by atoms with Gasteiger partial charge in [-0.15, -0.1) is 11.8 Å². The fraction of sp³-hybridized carbons (Fsp3) is 0.595. The second-order valence-corrected chi connectivity index (χ2v) is 15.8. The van der Waals surface area contributed by atoms with Crippen LogP contribution in [-0.2, 0) is 39.0 Å². The molecule has 1 heterocycles. The lowest BCUT2D eigenvalue weighted by Crippen LogP contribution is -2.60. The Kier molecular flexibility index (Phi) is 17.0. The van der Waals surface area contributed by atoms with Crippen LogP contribution in [0.3, 0.4) is 0 Å². The molecule has 0 saturated carbocycles. The minimum atomic E-state index is -0.969. The molecule has 52 heavy (non-hydrogen) atoms. The van der Waals surface area contributed by atoms with Crippen molar-refractivity contribution in [2.24, 2.45) is 5.41 Å². The molecule has 14 nitrogen and oxygen atoms in total. The van der Waals surface area contributed by atoms with Crippen molar-refractivity contribution in [1.29, 1.82) is 0 Å². The molecule has 1 aromatic carbocycles. The molecule has 1 saturated heterocycles.